The van der Waals surface area contributed by atoms with Crippen LogP contribution in [-0.4, -0.2) is 24.7 Å². The second-order valence-electron chi connectivity index (χ2n) is 6.40. The molecule has 24 heavy (non-hydrogen) atoms. The van der Waals surface area contributed by atoms with E-state index in [-0.39, 0.29) is 0 Å². The predicted molar refractivity (Wildman–Crippen MR) is 69.5 cm³/mol. The average Bonchev–Trinajstić information content (AvgIpc) is 2.55. The number of alkyl halides is 4. The molecule has 8 heteroatoms. The third kappa shape index (κ3) is 2.49. The van der Waals surface area contributed by atoms with Crippen molar-refractivity contribution in [2.45, 2.75) is 50.4 Å². The SMILES string of the molecule is Fc1c(F)c2c(F)c(F)c1CCC1C(F)C(F)C(CC2)[C@@H](F)C1F. The van der Waals surface area contributed by atoms with Gasteiger partial charge in [0.1, 0.15) is 24.7 Å². The monoisotopic (exact) mass is 358 g/mol. The van der Waals surface area contributed by atoms with Gasteiger partial charge in [-0.25, -0.2) is 35.1 Å². The molecule has 0 aliphatic heterocycles. The van der Waals surface area contributed by atoms with Crippen molar-refractivity contribution in [2.75, 3.05) is 0 Å². The lowest BCUT2D eigenvalue weighted by Gasteiger charge is -2.40. The summed E-state index contributed by atoms with van der Waals surface area (Å²) >= 11 is 0. The lowest BCUT2D eigenvalue weighted by Crippen LogP contribution is -2.52. The molecule has 1 aromatic carbocycles. The Hall–Kier alpha value is -1.34. The summed E-state index contributed by atoms with van der Waals surface area (Å²) in [5.74, 6) is -10.0. The first-order valence-corrected chi connectivity index (χ1v) is 7.65. The minimum Gasteiger partial charge on any atom is -0.244 e. The lowest BCUT2D eigenvalue weighted by molar-refractivity contribution is -0.0828. The molecule has 0 saturated heterocycles. The van der Waals surface area contributed by atoms with Crippen LogP contribution in [0.3, 0.4) is 0 Å². The topological polar surface area (TPSA) is 0 Å². The summed E-state index contributed by atoms with van der Waals surface area (Å²) in [6, 6.07) is 0. The Morgan fingerprint density at radius 3 is 1.00 bits per heavy atom. The van der Waals surface area contributed by atoms with Gasteiger partial charge in [-0.05, 0) is 25.7 Å². The van der Waals surface area contributed by atoms with Crippen molar-refractivity contribution in [3.05, 3.63) is 34.4 Å². The van der Waals surface area contributed by atoms with Crippen LogP contribution in [0, 0.1) is 35.1 Å². The van der Waals surface area contributed by atoms with E-state index < -0.39 is 96.6 Å². The Labute approximate surface area is 132 Å². The maximum atomic E-state index is 14.1. The van der Waals surface area contributed by atoms with Gasteiger partial charge in [0.05, 0.1) is 0 Å². The van der Waals surface area contributed by atoms with Gasteiger partial charge in [-0.2, -0.15) is 0 Å². The van der Waals surface area contributed by atoms with Gasteiger partial charge in [-0.15, -0.1) is 0 Å². The maximum Gasteiger partial charge on any atom is 0.165 e. The number of rotatable bonds is 0. The van der Waals surface area contributed by atoms with Crippen LogP contribution in [0.1, 0.15) is 24.0 Å². The van der Waals surface area contributed by atoms with E-state index in [9.17, 15) is 35.1 Å². The fraction of sp³-hybridized carbons (Fsp3) is 0.625. The molecule has 5 aliphatic carbocycles. The first-order valence-electron chi connectivity index (χ1n) is 7.65. The number of hydrogen-bond acceptors (Lipinski definition) is 0. The Kier molecular flexibility index (Phi) is 4.51. The summed E-state index contributed by atoms with van der Waals surface area (Å²) in [7, 11) is 0. The Balaban J connectivity index is 2.11. The second kappa shape index (κ2) is 6.19. The van der Waals surface area contributed by atoms with Gasteiger partial charge in [-0.3, -0.25) is 0 Å². The van der Waals surface area contributed by atoms with Crippen LogP contribution < -0.4 is 0 Å². The summed E-state index contributed by atoms with van der Waals surface area (Å²) in [6.45, 7) is 0. The summed E-state index contributed by atoms with van der Waals surface area (Å²) in [5, 5.41) is 0. The van der Waals surface area contributed by atoms with E-state index in [1.807, 2.05) is 0 Å². The van der Waals surface area contributed by atoms with Crippen LogP contribution in [0.5, 0.6) is 0 Å². The summed E-state index contributed by atoms with van der Waals surface area (Å²) in [5.41, 5.74) is -2.00. The molecule has 0 spiro atoms. The molecule has 5 unspecified atom stereocenters. The summed E-state index contributed by atoms with van der Waals surface area (Å²) < 4.78 is 112. The van der Waals surface area contributed by atoms with Gasteiger partial charge < -0.3 is 0 Å². The van der Waals surface area contributed by atoms with E-state index in [1.165, 1.54) is 0 Å². The molecule has 6 atom stereocenters. The minimum atomic E-state index is -2.34. The van der Waals surface area contributed by atoms with Gasteiger partial charge >= 0.3 is 0 Å². The first-order chi connectivity index (χ1) is 11.3. The van der Waals surface area contributed by atoms with Gasteiger partial charge in [0.15, 0.2) is 23.3 Å². The molecular formula is C16H14F8. The zero-order valence-corrected chi connectivity index (χ0v) is 12.3. The van der Waals surface area contributed by atoms with Crippen molar-refractivity contribution >= 4 is 0 Å². The van der Waals surface area contributed by atoms with Crippen molar-refractivity contribution in [3.63, 3.8) is 0 Å². The normalized spacial score (nSPS) is 36.5. The number of halogens is 8. The number of hydrogen-bond donors (Lipinski definition) is 0. The molecule has 0 nitrogen and oxygen atoms in total. The molecule has 0 radical (unpaired) electrons. The fourth-order valence-corrected chi connectivity index (χ4v) is 3.72. The highest BCUT2D eigenvalue weighted by Crippen LogP contribution is 2.43. The van der Waals surface area contributed by atoms with Crippen LogP contribution in [0.2, 0.25) is 0 Å². The third-order valence-corrected chi connectivity index (χ3v) is 5.15. The number of benzene rings is 1. The molecule has 0 aromatic heterocycles. The highest BCUT2D eigenvalue weighted by atomic mass is 19.2. The molecule has 1 saturated carbocycles. The van der Waals surface area contributed by atoms with Crippen LogP contribution >= 0.6 is 0 Å². The van der Waals surface area contributed by atoms with Crippen molar-refractivity contribution in [1.82, 2.24) is 0 Å². The summed E-state index contributed by atoms with van der Waals surface area (Å²) in [4.78, 5) is 0. The van der Waals surface area contributed by atoms with Crippen molar-refractivity contribution in [2.24, 2.45) is 11.8 Å². The predicted octanol–water partition coefficient (Wildman–Crippen LogP) is 4.72. The van der Waals surface area contributed by atoms with Gasteiger partial charge in [0, 0.05) is 23.0 Å². The molecule has 0 amide bonds. The largest absolute Gasteiger partial charge is 0.244 e. The van der Waals surface area contributed by atoms with Crippen molar-refractivity contribution in [1.29, 1.82) is 0 Å². The molecule has 0 heterocycles. The quantitative estimate of drug-likeness (QED) is 0.465. The van der Waals surface area contributed by atoms with E-state index in [0.717, 1.165) is 0 Å². The fourth-order valence-electron chi connectivity index (χ4n) is 3.72. The van der Waals surface area contributed by atoms with Gasteiger partial charge in [0.2, 0.25) is 0 Å². The van der Waals surface area contributed by atoms with Crippen molar-refractivity contribution in [3.8, 4) is 0 Å². The lowest BCUT2D eigenvalue weighted by atomic mass is 9.72. The first kappa shape index (κ1) is 17.5. The van der Waals surface area contributed by atoms with E-state index >= 15 is 0 Å². The van der Waals surface area contributed by atoms with Crippen LogP contribution in [-0.2, 0) is 12.8 Å². The molecule has 1 fully saturated rings. The Morgan fingerprint density at radius 2 is 0.750 bits per heavy atom. The third-order valence-electron chi connectivity index (χ3n) is 5.15. The molecule has 4 bridgehead atoms. The molecule has 5 aliphatic rings. The smallest absolute Gasteiger partial charge is 0.165 e. The molecular weight excluding hydrogens is 344 g/mol. The highest BCUT2D eigenvalue weighted by molar-refractivity contribution is 5.31. The van der Waals surface area contributed by atoms with E-state index in [1.54, 1.807) is 0 Å². The summed E-state index contributed by atoms with van der Waals surface area (Å²) in [6.07, 6.45) is -12.2. The molecule has 1 aromatic rings. The van der Waals surface area contributed by atoms with Crippen molar-refractivity contribution < 1.29 is 35.1 Å². The van der Waals surface area contributed by atoms with Gasteiger partial charge in [0.25, 0.3) is 0 Å². The average molecular weight is 358 g/mol. The second-order valence-corrected chi connectivity index (χ2v) is 6.40. The van der Waals surface area contributed by atoms with E-state index in [4.69, 9.17) is 0 Å². The van der Waals surface area contributed by atoms with E-state index in [0.29, 0.717) is 0 Å². The Morgan fingerprint density at radius 1 is 0.500 bits per heavy atom. The Bertz CT molecular complexity index is 545. The zero-order valence-electron chi connectivity index (χ0n) is 12.3. The molecule has 134 valence electrons. The van der Waals surface area contributed by atoms with E-state index in [2.05, 4.69) is 0 Å². The molecule has 0 N–H and O–H groups in total. The maximum absolute atomic E-state index is 14.1. The van der Waals surface area contributed by atoms with Gasteiger partial charge in [-0.1, -0.05) is 0 Å². The van der Waals surface area contributed by atoms with Crippen LogP contribution in [0.25, 0.3) is 0 Å². The zero-order chi connectivity index (χ0) is 17.8. The minimum absolute atomic E-state index is 0.665. The molecule has 6 rings (SSSR count). The van der Waals surface area contributed by atoms with Crippen LogP contribution in [0.15, 0.2) is 0 Å². The highest BCUT2D eigenvalue weighted by Gasteiger charge is 2.52. The van der Waals surface area contributed by atoms with Crippen LogP contribution in [0.4, 0.5) is 35.1 Å². The standard InChI is InChI=1S/C16H14F8/c17-9-5-1-2-6-11(19)15(23)8(16(24)12(6)20)4-3-7(13(9)21)14(22)10(5)18/h5,7,9-10,13-14H,1-4H2/t5?,7?,9-,10?,13?,14?/m1/s1.